The van der Waals surface area contributed by atoms with Crippen LogP contribution in [-0.2, 0) is 19.2 Å². The van der Waals surface area contributed by atoms with Crippen molar-refractivity contribution in [3.8, 4) is 0 Å². The van der Waals surface area contributed by atoms with Crippen LogP contribution in [0.15, 0.2) is 50.3 Å². The molecular weight excluding hydrogens is 632 g/mol. The molecule has 1 fully saturated rings. The molecule has 2 aromatic rings. The summed E-state index contributed by atoms with van der Waals surface area (Å²) in [5.41, 5.74) is 5.39. The van der Waals surface area contributed by atoms with Crippen LogP contribution in [0.2, 0.25) is 0 Å². The van der Waals surface area contributed by atoms with Crippen LogP contribution in [0.5, 0.6) is 0 Å². The molecular formula is C20H17FIN5O5S3. The van der Waals surface area contributed by atoms with Gasteiger partial charge in [0.15, 0.2) is 10.8 Å². The van der Waals surface area contributed by atoms with Crippen LogP contribution in [0.1, 0.15) is 5.69 Å². The zero-order valence-electron chi connectivity index (χ0n) is 17.6. The van der Waals surface area contributed by atoms with Crippen LogP contribution >= 0.6 is 57.5 Å². The number of alkyl halides is 1. The third-order valence-electron chi connectivity index (χ3n) is 4.80. The van der Waals surface area contributed by atoms with Crippen molar-refractivity contribution in [1.82, 2.24) is 15.2 Å². The number of anilines is 1. The molecule has 1 aromatic heterocycles. The van der Waals surface area contributed by atoms with Gasteiger partial charge in [0.25, 0.3) is 11.8 Å². The van der Waals surface area contributed by atoms with E-state index in [-0.39, 0.29) is 28.8 Å². The second kappa shape index (κ2) is 11.1. The normalized spacial score (nSPS) is 19.8. The molecule has 2 atom stereocenters. The van der Waals surface area contributed by atoms with Crippen molar-refractivity contribution in [2.24, 2.45) is 5.16 Å². The Balaban J connectivity index is 1.53. The number of amides is 2. The number of nitrogen functional groups attached to an aromatic ring is 1. The van der Waals surface area contributed by atoms with Gasteiger partial charge in [-0.3, -0.25) is 14.5 Å². The van der Waals surface area contributed by atoms with Crippen LogP contribution in [0.4, 0.5) is 9.52 Å². The second-order valence-corrected chi connectivity index (χ2v) is 11.3. The molecule has 35 heavy (non-hydrogen) atoms. The number of carboxylic acid groups (broad SMARTS) is 1. The van der Waals surface area contributed by atoms with Crippen LogP contribution in [0.3, 0.4) is 0 Å². The SMILES string of the molecule is Nc1nc(/C(=N/OCCF)C(=O)N[C@@H]2C(=O)N3C(C(=O)O)=C(Sc4ccccc4I)CS[C@H]23)cs1. The number of β-lactam (4-membered cyclic amide) rings is 1. The van der Waals surface area contributed by atoms with E-state index >= 15 is 0 Å². The number of thioether (sulfide) groups is 2. The van der Waals surface area contributed by atoms with Crippen molar-refractivity contribution in [2.45, 2.75) is 16.3 Å². The van der Waals surface area contributed by atoms with E-state index < -0.39 is 35.9 Å². The number of carbonyl (C=O) groups is 3. The first-order valence-electron chi connectivity index (χ1n) is 9.93. The highest BCUT2D eigenvalue weighted by Crippen LogP contribution is 2.45. The van der Waals surface area contributed by atoms with Gasteiger partial charge in [-0.25, -0.2) is 14.2 Å². The number of oxime groups is 1. The summed E-state index contributed by atoms with van der Waals surface area (Å²) in [6.07, 6.45) is 0. The van der Waals surface area contributed by atoms with Crippen LogP contribution in [-0.4, -0.2) is 68.9 Å². The summed E-state index contributed by atoms with van der Waals surface area (Å²) < 4.78 is 13.4. The maximum absolute atomic E-state index is 13.0. The number of halogens is 2. The molecule has 15 heteroatoms. The molecule has 184 valence electrons. The average Bonchev–Trinajstić information content (AvgIpc) is 3.26. The van der Waals surface area contributed by atoms with E-state index in [9.17, 15) is 23.9 Å². The number of nitrogens with one attached hydrogen (secondary N) is 1. The van der Waals surface area contributed by atoms with Crippen LogP contribution < -0.4 is 11.1 Å². The summed E-state index contributed by atoms with van der Waals surface area (Å²) in [5.74, 6) is -2.20. The minimum absolute atomic E-state index is 0.0960. The van der Waals surface area contributed by atoms with E-state index in [1.54, 1.807) is 0 Å². The quantitative estimate of drug-likeness (QED) is 0.123. The fourth-order valence-electron chi connectivity index (χ4n) is 3.28. The Kier molecular flexibility index (Phi) is 8.18. The molecule has 0 saturated carbocycles. The lowest BCUT2D eigenvalue weighted by molar-refractivity contribution is -0.150. The molecule has 2 amide bonds. The monoisotopic (exact) mass is 649 g/mol. The third kappa shape index (κ3) is 5.41. The van der Waals surface area contributed by atoms with Crippen molar-refractivity contribution in [1.29, 1.82) is 0 Å². The number of nitrogens with zero attached hydrogens (tertiary/aromatic N) is 3. The smallest absolute Gasteiger partial charge is 0.353 e. The Hall–Kier alpha value is -2.37. The highest BCUT2D eigenvalue weighted by Gasteiger charge is 2.54. The number of hydrogen-bond acceptors (Lipinski definition) is 10. The Bertz CT molecular complexity index is 1240. The fourth-order valence-corrected chi connectivity index (χ4v) is 7.04. The molecule has 4 rings (SSSR count). The van der Waals surface area contributed by atoms with Crippen molar-refractivity contribution in [3.63, 3.8) is 0 Å². The van der Waals surface area contributed by atoms with Gasteiger partial charge in [-0.05, 0) is 34.7 Å². The molecule has 0 bridgehead atoms. The molecule has 0 radical (unpaired) electrons. The number of benzene rings is 1. The topological polar surface area (TPSA) is 147 Å². The summed E-state index contributed by atoms with van der Waals surface area (Å²) >= 11 is 5.89. The first-order chi connectivity index (χ1) is 16.8. The Morgan fingerprint density at radius 3 is 2.86 bits per heavy atom. The summed E-state index contributed by atoms with van der Waals surface area (Å²) in [6, 6.07) is 6.56. The predicted octanol–water partition coefficient (Wildman–Crippen LogP) is 2.51. The van der Waals surface area contributed by atoms with Gasteiger partial charge < -0.3 is 21.0 Å². The molecule has 0 spiro atoms. The van der Waals surface area contributed by atoms with Crippen LogP contribution in [0.25, 0.3) is 0 Å². The predicted molar refractivity (Wildman–Crippen MR) is 140 cm³/mol. The lowest BCUT2D eigenvalue weighted by Gasteiger charge is -2.49. The highest BCUT2D eigenvalue weighted by atomic mass is 127. The molecule has 2 aliphatic heterocycles. The van der Waals surface area contributed by atoms with E-state index in [0.29, 0.717) is 10.7 Å². The van der Waals surface area contributed by atoms with E-state index in [0.717, 1.165) is 19.8 Å². The fraction of sp³-hybridized carbons (Fsp3) is 0.250. The molecule has 1 aromatic carbocycles. The number of nitrogens with two attached hydrogens (primary N) is 1. The summed E-state index contributed by atoms with van der Waals surface area (Å²) in [4.78, 5) is 49.4. The Labute approximate surface area is 224 Å². The molecule has 0 unspecified atom stereocenters. The number of hydrogen-bond donors (Lipinski definition) is 3. The number of aromatic nitrogens is 1. The van der Waals surface area contributed by atoms with Crippen LogP contribution in [0, 0.1) is 3.57 Å². The van der Waals surface area contributed by atoms with Gasteiger partial charge in [0.1, 0.15) is 36.1 Å². The maximum Gasteiger partial charge on any atom is 0.353 e. The lowest BCUT2D eigenvalue weighted by Crippen LogP contribution is -2.71. The standard InChI is InChI=1S/C20H17FIN5O5S3/c21-5-6-32-26-13(10-7-34-20(23)24-10)16(28)25-14-17(29)27-15(19(30)31)12(8-33-18(14)27)35-11-4-2-1-3-9(11)22/h1-4,7,14,18H,5-6,8H2,(H2,23,24)(H,25,28)(H,30,31)/b26-13-/t14-,18-/m1/s1. The Morgan fingerprint density at radius 1 is 1.43 bits per heavy atom. The third-order valence-corrected chi connectivity index (χ3v) is 9.40. The number of carbonyl (C=O) groups excluding carboxylic acids is 2. The minimum atomic E-state index is -1.22. The molecule has 2 aliphatic rings. The molecule has 10 nitrogen and oxygen atoms in total. The van der Waals surface area contributed by atoms with Gasteiger partial charge in [0.05, 0.1) is 0 Å². The summed E-state index contributed by atoms with van der Waals surface area (Å²) in [5, 5.41) is 17.2. The maximum atomic E-state index is 13.0. The number of aliphatic carboxylic acids is 1. The lowest BCUT2D eigenvalue weighted by atomic mass is 10.0. The van der Waals surface area contributed by atoms with Crippen molar-refractivity contribution in [2.75, 3.05) is 24.8 Å². The van der Waals surface area contributed by atoms with Gasteiger partial charge in [-0.2, -0.15) is 0 Å². The molecule has 0 aliphatic carbocycles. The molecule has 4 N–H and O–H groups in total. The summed E-state index contributed by atoms with van der Waals surface area (Å²) in [7, 11) is 0. The van der Waals surface area contributed by atoms with Gasteiger partial charge in [-0.1, -0.05) is 29.1 Å². The van der Waals surface area contributed by atoms with E-state index in [2.05, 4.69) is 38.0 Å². The largest absolute Gasteiger partial charge is 0.477 e. The zero-order chi connectivity index (χ0) is 25.1. The van der Waals surface area contributed by atoms with E-state index in [1.807, 2.05) is 24.3 Å². The zero-order valence-corrected chi connectivity index (χ0v) is 22.2. The van der Waals surface area contributed by atoms with E-state index in [1.165, 1.54) is 33.8 Å². The van der Waals surface area contributed by atoms with Gasteiger partial charge >= 0.3 is 5.97 Å². The second-order valence-electron chi connectivity index (χ2n) is 7.00. The highest BCUT2D eigenvalue weighted by molar-refractivity contribution is 14.1. The minimum Gasteiger partial charge on any atom is -0.477 e. The summed E-state index contributed by atoms with van der Waals surface area (Å²) in [6.45, 7) is -1.17. The first-order valence-corrected chi connectivity index (χ1v) is 13.8. The number of thiazole rings is 1. The van der Waals surface area contributed by atoms with E-state index in [4.69, 9.17) is 10.6 Å². The van der Waals surface area contributed by atoms with Crippen molar-refractivity contribution < 1.29 is 28.7 Å². The molecule has 1 saturated heterocycles. The Morgan fingerprint density at radius 2 is 2.20 bits per heavy atom. The molecule has 3 heterocycles. The average molecular weight is 649 g/mol. The van der Waals surface area contributed by atoms with Crippen molar-refractivity contribution in [3.05, 3.63) is 49.5 Å². The number of rotatable bonds is 9. The number of carboxylic acids is 1. The first kappa shape index (κ1) is 25.7. The van der Waals surface area contributed by atoms with Gasteiger partial charge in [0.2, 0.25) is 0 Å². The number of fused-ring (bicyclic) bond motifs is 1. The van der Waals surface area contributed by atoms with Gasteiger partial charge in [0, 0.05) is 24.5 Å². The van der Waals surface area contributed by atoms with Gasteiger partial charge in [-0.15, -0.1) is 23.1 Å². The van der Waals surface area contributed by atoms with Crippen molar-refractivity contribution >= 4 is 86.1 Å².